The SMILES string of the molecule is O=C1CN(Cc2cncn2Cc2ccc(F)cc2)CCN1. The molecule has 1 aromatic carbocycles. The first-order chi connectivity index (χ1) is 10.2. The van der Waals surface area contributed by atoms with Crippen molar-refractivity contribution in [2.24, 2.45) is 0 Å². The summed E-state index contributed by atoms with van der Waals surface area (Å²) in [4.78, 5) is 17.7. The molecule has 0 unspecified atom stereocenters. The number of imidazole rings is 1. The molecule has 2 aromatic rings. The minimum absolute atomic E-state index is 0.0610. The quantitative estimate of drug-likeness (QED) is 0.913. The van der Waals surface area contributed by atoms with Crippen LogP contribution in [0.4, 0.5) is 4.39 Å². The second-order valence-electron chi connectivity index (χ2n) is 5.20. The first kappa shape index (κ1) is 13.8. The molecule has 1 aliphatic rings. The molecular weight excluding hydrogens is 271 g/mol. The van der Waals surface area contributed by atoms with E-state index in [2.05, 4.69) is 15.2 Å². The summed E-state index contributed by atoms with van der Waals surface area (Å²) in [5.41, 5.74) is 2.07. The third-order valence-electron chi connectivity index (χ3n) is 3.57. The van der Waals surface area contributed by atoms with E-state index in [1.54, 1.807) is 18.5 Å². The molecule has 1 fully saturated rings. The molecule has 110 valence electrons. The van der Waals surface area contributed by atoms with Crippen LogP contribution >= 0.6 is 0 Å². The van der Waals surface area contributed by atoms with Gasteiger partial charge in [-0.25, -0.2) is 9.37 Å². The molecule has 3 rings (SSSR count). The van der Waals surface area contributed by atoms with Gasteiger partial charge in [0.05, 0.1) is 18.6 Å². The van der Waals surface area contributed by atoms with E-state index in [0.717, 1.165) is 17.8 Å². The Labute approximate surface area is 122 Å². The smallest absolute Gasteiger partial charge is 0.234 e. The van der Waals surface area contributed by atoms with E-state index >= 15 is 0 Å². The Bertz CT molecular complexity index is 623. The molecule has 0 bridgehead atoms. The minimum atomic E-state index is -0.232. The highest BCUT2D eigenvalue weighted by Gasteiger charge is 2.17. The van der Waals surface area contributed by atoms with Gasteiger partial charge in [-0.2, -0.15) is 0 Å². The lowest BCUT2D eigenvalue weighted by Crippen LogP contribution is -2.47. The molecule has 1 aromatic heterocycles. The molecule has 5 nitrogen and oxygen atoms in total. The number of hydrogen-bond donors (Lipinski definition) is 1. The van der Waals surface area contributed by atoms with E-state index < -0.39 is 0 Å². The molecule has 1 aliphatic heterocycles. The first-order valence-corrected chi connectivity index (χ1v) is 6.93. The monoisotopic (exact) mass is 288 g/mol. The van der Waals surface area contributed by atoms with Crippen molar-refractivity contribution < 1.29 is 9.18 Å². The summed E-state index contributed by atoms with van der Waals surface area (Å²) in [6.45, 7) is 3.28. The van der Waals surface area contributed by atoms with Gasteiger partial charge in [0.2, 0.25) is 5.91 Å². The molecule has 0 spiro atoms. The Morgan fingerprint density at radius 3 is 2.81 bits per heavy atom. The predicted octanol–water partition coefficient (Wildman–Crippen LogP) is 1.00. The Morgan fingerprint density at radius 2 is 2.05 bits per heavy atom. The molecule has 6 heteroatoms. The third-order valence-corrected chi connectivity index (χ3v) is 3.57. The van der Waals surface area contributed by atoms with E-state index in [1.807, 2.05) is 10.8 Å². The van der Waals surface area contributed by atoms with Gasteiger partial charge in [0.15, 0.2) is 0 Å². The van der Waals surface area contributed by atoms with Crippen molar-refractivity contribution in [2.75, 3.05) is 19.6 Å². The number of benzene rings is 1. The fourth-order valence-corrected chi connectivity index (χ4v) is 2.46. The molecule has 0 saturated carbocycles. The number of aromatic nitrogens is 2. The van der Waals surface area contributed by atoms with Crippen LogP contribution < -0.4 is 5.32 Å². The van der Waals surface area contributed by atoms with Gasteiger partial charge in [-0.15, -0.1) is 0 Å². The fourth-order valence-electron chi connectivity index (χ4n) is 2.46. The van der Waals surface area contributed by atoms with Crippen molar-refractivity contribution in [2.45, 2.75) is 13.1 Å². The summed E-state index contributed by atoms with van der Waals surface area (Å²) in [7, 11) is 0. The third kappa shape index (κ3) is 3.46. The Balaban J connectivity index is 1.68. The van der Waals surface area contributed by atoms with Crippen LogP contribution in [0, 0.1) is 5.82 Å². The first-order valence-electron chi connectivity index (χ1n) is 6.93. The Morgan fingerprint density at radius 1 is 1.24 bits per heavy atom. The maximum absolute atomic E-state index is 12.9. The van der Waals surface area contributed by atoms with E-state index in [9.17, 15) is 9.18 Å². The lowest BCUT2D eigenvalue weighted by atomic mass is 10.2. The second-order valence-corrected chi connectivity index (χ2v) is 5.20. The lowest BCUT2D eigenvalue weighted by Gasteiger charge is -2.26. The Kier molecular flexibility index (Phi) is 3.96. The van der Waals surface area contributed by atoms with Crippen LogP contribution in [-0.2, 0) is 17.9 Å². The number of rotatable bonds is 4. The van der Waals surface area contributed by atoms with Crippen LogP contribution in [0.1, 0.15) is 11.3 Å². The van der Waals surface area contributed by atoms with Gasteiger partial charge in [-0.3, -0.25) is 9.69 Å². The molecule has 1 amide bonds. The van der Waals surface area contributed by atoms with Crippen molar-refractivity contribution in [1.29, 1.82) is 0 Å². The van der Waals surface area contributed by atoms with Crippen LogP contribution in [-0.4, -0.2) is 40.0 Å². The zero-order valence-corrected chi connectivity index (χ0v) is 11.6. The molecule has 1 N–H and O–H groups in total. The number of nitrogens with one attached hydrogen (secondary N) is 1. The van der Waals surface area contributed by atoms with Crippen molar-refractivity contribution in [3.63, 3.8) is 0 Å². The standard InChI is InChI=1S/C15H17FN4O/c16-13-3-1-12(2-4-13)8-20-11-17-7-14(20)9-19-6-5-18-15(21)10-19/h1-4,7,11H,5-6,8-10H2,(H,18,21). The summed E-state index contributed by atoms with van der Waals surface area (Å²) < 4.78 is 15.0. The predicted molar refractivity (Wildman–Crippen MR) is 76.0 cm³/mol. The number of nitrogens with zero attached hydrogens (tertiary/aromatic N) is 3. The molecule has 21 heavy (non-hydrogen) atoms. The molecule has 0 aliphatic carbocycles. The average molecular weight is 288 g/mol. The van der Waals surface area contributed by atoms with E-state index in [4.69, 9.17) is 0 Å². The van der Waals surface area contributed by atoms with E-state index in [0.29, 0.717) is 26.2 Å². The summed E-state index contributed by atoms with van der Waals surface area (Å²) in [6.07, 6.45) is 3.58. The van der Waals surface area contributed by atoms with E-state index in [-0.39, 0.29) is 11.7 Å². The van der Waals surface area contributed by atoms with Crippen LogP contribution in [0.5, 0.6) is 0 Å². The summed E-state index contributed by atoms with van der Waals surface area (Å²) >= 11 is 0. The normalized spacial score (nSPS) is 16.0. The summed E-state index contributed by atoms with van der Waals surface area (Å²) in [6, 6.07) is 6.46. The number of hydrogen-bond acceptors (Lipinski definition) is 3. The summed E-state index contributed by atoms with van der Waals surface area (Å²) in [5, 5.41) is 2.81. The topological polar surface area (TPSA) is 50.2 Å². The van der Waals surface area contributed by atoms with Gasteiger partial charge in [0.1, 0.15) is 5.82 Å². The minimum Gasteiger partial charge on any atom is -0.354 e. The second kappa shape index (κ2) is 6.05. The number of carbonyl (C=O) groups is 1. The number of piperazine rings is 1. The van der Waals surface area contributed by atoms with Crippen molar-refractivity contribution >= 4 is 5.91 Å². The largest absolute Gasteiger partial charge is 0.354 e. The highest BCUT2D eigenvalue weighted by Crippen LogP contribution is 2.10. The van der Waals surface area contributed by atoms with Crippen molar-refractivity contribution in [1.82, 2.24) is 19.8 Å². The average Bonchev–Trinajstić information content (AvgIpc) is 2.89. The molecule has 0 atom stereocenters. The van der Waals surface area contributed by atoms with Gasteiger partial charge in [-0.1, -0.05) is 12.1 Å². The highest BCUT2D eigenvalue weighted by molar-refractivity contribution is 5.78. The van der Waals surface area contributed by atoms with Gasteiger partial charge >= 0.3 is 0 Å². The number of carbonyl (C=O) groups excluding carboxylic acids is 1. The molecule has 0 radical (unpaired) electrons. The van der Waals surface area contributed by atoms with Crippen molar-refractivity contribution in [3.05, 3.63) is 53.9 Å². The maximum atomic E-state index is 12.9. The zero-order chi connectivity index (χ0) is 14.7. The van der Waals surface area contributed by atoms with Gasteiger partial charge in [0.25, 0.3) is 0 Å². The summed E-state index contributed by atoms with van der Waals surface area (Å²) in [5.74, 6) is -0.171. The maximum Gasteiger partial charge on any atom is 0.234 e. The van der Waals surface area contributed by atoms with E-state index in [1.165, 1.54) is 12.1 Å². The van der Waals surface area contributed by atoms with Gasteiger partial charge in [-0.05, 0) is 17.7 Å². The van der Waals surface area contributed by atoms with Crippen molar-refractivity contribution in [3.8, 4) is 0 Å². The molecule has 2 heterocycles. The molecule has 1 saturated heterocycles. The van der Waals surface area contributed by atoms with Crippen LogP contribution in [0.3, 0.4) is 0 Å². The van der Waals surface area contributed by atoms with Crippen LogP contribution in [0.2, 0.25) is 0 Å². The Hall–Kier alpha value is -2.21. The number of amides is 1. The molecular formula is C15H17FN4O. The van der Waals surface area contributed by atoms with Crippen LogP contribution in [0.15, 0.2) is 36.8 Å². The zero-order valence-electron chi connectivity index (χ0n) is 11.6. The van der Waals surface area contributed by atoms with Gasteiger partial charge < -0.3 is 9.88 Å². The highest BCUT2D eigenvalue weighted by atomic mass is 19.1. The lowest BCUT2D eigenvalue weighted by molar-refractivity contribution is -0.124. The fraction of sp³-hybridized carbons (Fsp3) is 0.333. The van der Waals surface area contributed by atoms with Crippen LogP contribution in [0.25, 0.3) is 0 Å². The van der Waals surface area contributed by atoms with Gasteiger partial charge in [0, 0.05) is 32.4 Å². The number of halogens is 1.